The topological polar surface area (TPSA) is 83.2 Å². The van der Waals surface area contributed by atoms with Gasteiger partial charge in [0.25, 0.3) is 5.56 Å². The molecule has 2 aromatic carbocycles. The lowest BCUT2D eigenvalue weighted by atomic mass is 10.1. The monoisotopic (exact) mass is 459 g/mol. The van der Waals surface area contributed by atoms with Crippen molar-refractivity contribution in [2.45, 2.75) is 33.2 Å². The molecule has 0 saturated heterocycles. The van der Waals surface area contributed by atoms with Crippen molar-refractivity contribution in [3.05, 3.63) is 93.0 Å². The quantitative estimate of drug-likeness (QED) is 0.334. The third-order valence-electron chi connectivity index (χ3n) is 6.20. The summed E-state index contributed by atoms with van der Waals surface area (Å²) in [6.45, 7) is 3.87. The molecule has 1 aliphatic heterocycles. The fourth-order valence-corrected chi connectivity index (χ4v) is 4.54. The van der Waals surface area contributed by atoms with Crippen LogP contribution in [0.1, 0.15) is 44.3 Å². The van der Waals surface area contributed by atoms with Gasteiger partial charge in [-0.2, -0.15) is 0 Å². The van der Waals surface area contributed by atoms with Crippen LogP contribution >= 0.6 is 0 Å². The first-order valence-electron chi connectivity index (χ1n) is 11.0. The molecule has 2 aromatic heterocycles. The fourth-order valence-electron chi connectivity index (χ4n) is 4.54. The maximum Gasteiger partial charge on any atom is 0.338 e. The van der Waals surface area contributed by atoms with Crippen LogP contribution in [0, 0.1) is 19.7 Å². The Morgan fingerprint density at radius 2 is 1.85 bits per heavy atom. The van der Waals surface area contributed by atoms with E-state index in [-0.39, 0.29) is 22.7 Å². The van der Waals surface area contributed by atoms with Crippen LogP contribution in [0.25, 0.3) is 16.6 Å². The van der Waals surface area contributed by atoms with Gasteiger partial charge in [0, 0.05) is 35.6 Å². The molecule has 5 rings (SSSR count). The molecule has 0 aliphatic carbocycles. The molecule has 0 amide bonds. The van der Waals surface area contributed by atoms with Crippen LogP contribution in [0.2, 0.25) is 0 Å². The molecule has 8 heteroatoms. The molecule has 0 spiro atoms. The van der Waals surface area contributed by atoms with Gasteiger partial charge in [0.1, 0.15) is 11.6 Å². The maximum absolute atomic E-state index is 13.3. The Morgan fingerprint density at radius 3 is 2.62 bits per heavy atom. The Balaban J connectivity index is 1.34. The predicted molar refractivity (Wildman–Crippen MR) is 124 cm³/mol. The van der Waals surface area contributed by atoms with E-state index in [4.69, 9.17) is 4.74 Å². The van der Waals surface area contributed by atoms with E-state index < -0.39 is 12.6 Å². The van der Waals surface area contributed by atoms with Gasteiger partial charge in [-0.05, 0) is 68.8 Å². The highest BCUT2D eigenvalue weighted by molar-refractivity contribution is 6.01. The SMILES string of the molecule is Cc1cc(C(=O)COC(=O)c2ccc3c(=O)n4c(nc3c2)CCC4)c(C)n1-c1ccc(F)cc1. The number of aromatic nitrogens is 3. The van der Waals surface area contributed by atoms with Crippen LogP contribution in [-0.4, -0.2) is 32.5 Å². The van der Waals surface area contributed by atoms with E-state index in [1.54, 1.807) is 35.8 Å². The largest absolute Gasteiger partial charge is 0.454 e. The van der Waals surface area contributed by atoms with Crippen molar-refractivity contribution in [1.82, 2.24) is 14.1 Å². The first kappa shape index (κ1) is 21.8. The molecule has 0 unspecified atom stereocenters. The van der Waals surface area contributed by atoms with Gasteiger partial charge in [-0.15, -0.1) is 0 Å². The van der Waals surface area contributed by atoms with Crippen LogP contribution in [-0.2, 0) is 17.7 Å². The summed E-state index contributed by atoms with van der Waals surface area (Å²) in [5.41, 5.74) is 3.21. The number of hydrogen-bond donors (Lipinski definition) is 0. The smallest absolute Gasteiger partial charge is 0.338 e. The number of carbonyl (C=O) groups excluding carboxylic acids is 2. The van der Waals surface area contributed by atoms with Crippen LogP contribution in [0.3, 0.4) is 0 Å². The van der Waals surface area contributed by atoms with Crippen molar-refractivity contribution >= 4 is 22.7 Å². The number of aryl methyl sites for hydroxylation is 2. The second-order valence-corrected chi connectivity index (χ2v) is 8.42. The van der Waals surface area contributed by atoms with Crippen LogP contribution in [0.5, 0.6) is 0 Å². The summed E-state index contributed by atoms with van der Waals surface area (Å²) in [6, 6.07) is 12.3. The number of halogens is 1. The number of ether oxygens (including phenoxy) is 1. The fraction of sp³-hybridized carbons (Fsp3) is 0.231. The molecule has 0 saturated carbocycles. The summed E-state index contributed by atoms with van der Waals surface area (Å²) < 4.78 is 22.1. The number of Topliss-reactive ketones (excluding diaryl/α,β-unsaturated/α-hetero) is 1. The first-order valence-corrected chi connectivity index (χ1v) is 11.0. The Morgan fingerprint density at radius 1 is 1.09 bits per heavy atom. The summed E-state index contributed by atoms with van der Waals surface area (Å²) >= 11 is 0. The minimum Gasteiger partial charge on any atom is -0.454 e. The lowest BCUT2D eigenvalue weighted by Crippen LogP contribution is -2.21. The molecule has 4 aromatic rings. The second kappa shape index (κ2) is 8.37. The molecule has 1 aliphatic rings. The molecule has 0 fully saturated rings. The highest BCUT2D eigenvalue weighted by atomic mass is 19.1. The molecule has 7 nitrogen and oxygen atoms in total. The van der Waals surface area contributed by atoms with Gasteiger partial charge in [-0.1, -0.05) is 0 Å². The molecule has 0 atom stereocenters. The zero-order chi connectivity index (χ0) is 24.0. The predicted octanol–water partition coefficient (Wildman–Crippen LogP) is 3.93. The van der Waals surface area contributed by atoms with Crippen molar-refractivity contribution in [3.63, 3.8) is 0 Å². The van der Waals surface area contributed by atoms with Crippen molar-refractivity contribution in [1.29, 1.82) is 0 Å². The second-order valence-electron chi connectivity index (χ2n) is 8.42. The van der Waals surface area contributed by atoms with Gasteiger partial charge < -0.3 is 9.30 Å². The Kier molecular flexibility index (Phi) is 5.36. The van der Waals surface area contributed by atoms with Crippen LogP contribution in [0.15, 0.2) is 53.3 Å². The van der Waals surface area contributed by atoms with Gasteiger partial charge in [0.2, 0.25) is 5.78 Å². The minimum absolute atomic E-state index is 0.107. The molecule has 172 valence electrons. The summed E-state index contributed by atoms with van der Waals surface area (Å²) in [6.07, 6.45) is 1.60. The number of rotatable bonds is 5. The molecular formula is C26H22FN3O4. The van der Waals surface area contributed by atoms with E-state index in [1.165, 1.54) is 24.3 Å². The van der Waals surface area contributed by atoms with Crippen LogP contribution < -0.4 is 5.56 Å². The van der Waals surface area contributed by atoms with Crippen molar-refractivity contribution in [2.75, 3.05) is 6.61 Å². The third kappa shape index (κ3) is 3.71. The number of hydrogen-bond acceptors (Lipinski definition) is 5. The minimum atomic E-state index is -0.662. The number of benzene rings is 2. The molecule has 0 radical (unpaired) electrons. The van der Waals surface area contributed by atoms with Gasteiger partial charge in [0.15, 0.2) is 6.61 Å². The van der Waals surface area contributed by atoms with Gasteiger partial charge in [0.05, 0.1) is 16.5 Å². The van der Waals surface area contributed by atoms with E-state index in [0.717, 1.165) is 30.0 Å². The Hall–Kier alpha value is -4.07. The van der Waals surface area contributed by atoms with E-state index >= 15 is 0 Å². The lowest BCUT2D eigenvalue weighted by molar-refractivity contribution is 0.0474. The molecule has 0 bridgehead atoms. The first-order chi connectivity index (χ1) is 16.3. The number of ketones is 1. The standard InChI is InChI=1S/C26H22FN3O4/c1-15-12-21(16(2)30(15)19-8-6-18(27)7-9-19)23(31)14-34-26(33)17-5-10-20-22(13-17)28-24-4-3-11-29(24)25(20)32/h5-10,12-13H,3-4,11,14H2,1-2H3. The average Bonchev–Trinajstić information content (AvgIpc) is 3.42. The van der Waals surface area contributed by atoms with E-state index in [2.05, 4.69) is 4.98 Å². The average molecular weight is 459 g/mol. The molecule has 0 N–H and O–H groups in total. The zero-order valence-electron chi connectivity index (χ0n) is 18.8. The number of fused-ring (bicyclic) bond motifs is 2. The summed E-state index contributed by atoms with van der Waals surface area (Å²) in [7, 11) is 0. The van der Waals surface area contributed by atoms with Crippen molar-refractivity contribution < 1.29 is 18.7 Å². The number of esters is 1. The van der Waals surface area contributed by atoms with Gasteiger partial charge in [-0.3, -0.25) is 14.2 Å². The summed E-state index contributed by atoms with van der Waals surface area (Å²) in [4.78, 5) is 42.6. The normalized spacial score (nSPS) is 12.7. The molecule has 34 heavy (non-hydrogen) atoms. The van der Waals surface area contributed by atoms with E-state index in [9.17, 15) is 18.8 Å². The number of carbonyl (C=O) groups is 2. The Labute approximate surface area is 194 Å². The van der Waals surface area contributed by atoms with Crippen molar-refractivity contribution in [2.24, 2.45) is 0 Å². The van der Waals surface area contributed by atoms with E-state index in [0.29, 0.717) is 28.7 Å². The van der Waals surface area contributed by atoms with Crippen LogP contribution in [0.4, 0.5) is 4.39 Å². The Bertz CT molecular complexity index is 1520. The van der Waals surface area contributed by atoms with Gasteiger partial charge >= 0.3 is 5.97 Å². The zero-order valence-corrected chi connectivity index (χ0v) is 18.8. The maximum atomic E-state index is 13.3. The van der Waals surface area contributed by atoms with Gasteiger partial charge in [-0.25, -0.2) is 14.2 Å². The molecule has 3 heterocycles. The summed E-state index contributed by atoms with van der Waals surface area (Å²) in [5, 5.41) is 0.450. The third-order valence-corrected chi connectivity index (χ3v) is 6.20. The number of nitrogens with zero attached hydrogens (tertiary/aromatic N) is 3. The van der Waals surface area contributed by atoms with E-state index in [1.807, 2.05) is 11.5 Å². The summed E-state index contributed by atoms with van der Waals surface area (Å²) in [5.74, 6) is -0.627. The highest BCUT2D eigenvalue weighted by Crippen LogP contribution is 2.22. The molecular weight excluding hydrogens is 437 g/mol. The highest BCUT2D eigenvalue weighted by Gasteiger charge is 2.20. The lowest BCUT2D eigenvalue weighted by Gasteiger charge is -2.10. The van der Waals surface area contributed by atoms with Crippen molar-refractivity contribution in [3.8, 4) is 5.69 Å².